The van der Waals surface area contributed by atoms with Crippen molar-refractivity contribution in [1.29, 1.82) is 0 Å². The van der Waals surface area contributed by atoms with Crippen LogP contribution in [0.2, 0.25) is 0 Å². The van der Waals surface area contributed by atoms with Crippen LogP contribution in [0.3, 0.4) is 0 Å². The van der Waals surface area contributed by atoms with Crippen LogP contribution in [0, 0.1) is 0 Å². The molecule has 124 valence electrons. The van der Waals surface area contributed by atoms with E-state index in [1.807, 2.05) is 7.05 Å². The highest BCUT2D eigenvalue weighted by Crippen LogP contribution is 2.10. The van der Waals surface area contributed by atoms with Gasteiger partial charge in [-0.05, 0) is 51.7 Å². The molecule has 0 bridgehead atoms. The molecule has 1 aromatic rings. The molecule has 0 heterocycles. The molecule has 0 fully saturated rings. The third-order valence-electron chi connectivity index (χ3n) is 3.79. The van der Waals surface area contributed by atoms with E-state index in [0.717, 1.165) is 13.0 Å². The van der Waals surface area contributed by atoms with Crippen LogP contribution in [0.25, 0.3) is 0 Å². The molecule has 0 aromatic heterocycles. The van der Waals surface area contributed by atoms with Crippen LogP contribution >= 0.6 is 0 Å². The molecule has 0 saturated heterocycles. The third kappa shape index (κ3) is 5.08. The predicted octanol–water partition coefficient (Wildman–Crippen LogP) is 1.05. The summed E-state index contributed by atoms with van der Waals surface area (Å²) in [6.45, 7) is 5.59. The molecule has 0 aliphatic heterocycles. The summed E-state index contributed by atoms with van der Waals surface area (Å²) in [6, 6.07) is 6.34. The molecule has 0 aliphatic carbocycles. The van der Waals surface area contributed by atoms with Crippen molar-refractivity contribution in [3.63, 3.8) is 0 Å². The summed E-state index contributed by atoms with van der Waals surface area (Å²) in [4.78, 5) is 14.3. The summed E-state index contributed by atoms with van der Waals surface area (Å²) in [5, 5.41) is 2.84. The van der Waals surface area contributed by atoms with Crippen LogP contribution in [0.1, 0.15) is 30.6 Å². The Morgan fingerprint density at radius 2 is 1.86 bits per heavy atom. The summed E-state index contributed by atoms with van der Waals surface area (Å²) < 4.78 is 25.4. The highest BCUT2D eigenvalue weighted by Gasteiger charge is 2.13. The first-order chi connectivity index (χ1) is 10.3. The molecule has 1 aromatic carbocycles. The minimum absolute atomic E-state index is 0.142. The highest BCUT2D eigenvalue weighted by molar-refractivity contribution is 7.89. The van der Waals surface area contributed by atoms with Gasteiger partial charge in [-0.15, -0.1) is 0 Å². The molecule has 1 amide bonds. The summed E-state index contributed by atoms with van der Waals surface area (Å²) in [7, 11) is -0.0932. The minimum atomic E-state index is -3.47. The van der Waals surface area contributed by atoms with E-state index in [2.05, 4.69) is 28.8 Å². The van der Waals surface area contributed by atoms with Crippen molar-refractivity contribution >= 4 is 15.9 Å². The molecule has 1 rings (SSSR count). The molecule has 22 heavy (non-hydrogen) atoms. The quantitative estimate of drug-likeness (QED) is 0.748. The zero-order chi connectivity index (χ0) is 16.8. The molecule has 0 radical (unpaired) electrons. The van der Waals surface area contributed by atoms with Crippen molar-refractivity contribution in [2.24, 2.45) is 0 Å². The zero-order valence-electron chi connectivity index (χ0n) is 13.6. The highest BCUT2D eigenvalue weighted by atomic mass is 32.2. The number of nitrogens with zero attached hydrogens (tertiary/aromatic N) is 1. The van der Waals surface area contributed by atoms with Crippen LogP contribution < -0.4 is 10.0 Å². The standard InChI is InChI=1S/C15H25N3O3S/c1-5-12(2)18(4)11-10-17-15(19)13-6-8-14(9-7-13)22(20,21)16-3/h6-9,12,16H,5,10-11H2,1-4H3,(H,17,19). The van der Waals surface area contributed by atoms with E-state index >= 15 is 0 Å². The second-order valence-electron chi connectivity index (χ2n) is 5.23. The third-order valence-corrected chi connectivity index (χ3v) is 5.22. The molecule has 0 saturated carbocycles. The van der Waals surface area contributed by atoms with Crippen LogP contribution in [-0.4, -0.2) is 52.5 Å². The normalized spacial score (nSPS) is 13.1. The summed E-state index contributed by atoms with van der Waals surface area (Å²) in [5.74, 6) is -0.203. The topological polar surface area (TPSA) is 78.5 Å². The number of hydrogen-bond donors (Lipinski definition) is 2. The molecule has 1 atom stereocenters. The Bertz CT molecular complexity index is 585. The average molecular weight is 327 g/mol. The largest absolute Gasteiger partial charge is 0.351 e. The lowest BCUT2D eigenvalue weighted by Gasteiger charge is -2.23. The van der Waals surface area contributed by atoms with Gasteiger partial charge >= 0.3 is 0 Å². The zero-order valence-corrected chi connectivity index (χ0v) is 14.4. The average Bonchev–Trinajstić information content (AvgIpc) is 2.53. The number of amides is 1. The van der Waals surface area contributed by atoms with Crippen LogP contribution in [0.5, 0.6) is 0 Å². The molecular formula is C15H25N3O3S. The lowest BCUT2D eigenvalue weighted by molar-refractivity contribution is 0.0947. The number of nitrogens with one attached hydrogen (secondary N) is 2. The first kappa shape index (κ1) is 18.6. The van der Waals surface area contributed by atoms with E-state index in [-0.39, 0.29) is 10.8 Å². The van der Waals surface area contributed by atoms with Gasteiger partial charge in [0.05, 0.1) is 4.90 Å². The second-order valence-corrected chi connectivity index (χ2v) is 7.11. The number of likely N-dealkylation sites (N-methyl/N-ethyl adjacent to an activating group) is 1. The molecule has 7 heteroatoms. The number of benzene rings is 1. The van der Waals surface area contributed by atoms with Crippen LogP contribution in [0.15, 0.2) is 29.2 Å². The Balaban J connectivity index is 2.57. The predicted molar refractivity (Wildman–Crippen MR) is 87.4 cm³/mol. The molecule has 2 N–H and O–H groups in total. The Morgan fingerprint density at radius 3 is 2.36 bits per heavy atom. The second kappa shape index (κ2) is 8.26. The van der Waals surface area contributed by atoms with Crippen LogP contribution in [-0.2, 0) is 10.0 Å². The van der Waals surface area contributed by atoms with E-state index in [1.54, 1.807) is 0 Å². The van der Waals surface area contributed by atoms with Gasteiger partial charge in [0.15, 0.2) is 0 Å². The smallest absolute Gasteiger partial charge is 0.251 e. The van der Waals surface area contributed by atoms with Gasteiger partial charge in [-0.3, -0.25) is 4.79 Å². The number of hydrogen-bond acceptors (Lipinski definition) is 4. The minimum Gasteiger partial charge on any atom is -0.351 e. The van der Waals surface area contributed by atoms with Crippen molar-refractivity contribution < 1.29 is 13.2 Å². The van der Waals surface area contributed by atoms with Crippen molar-refractivity contribution in [3.05, 3.63) is 29.8 Å². The number of sulfonamides is 1. The lowest BCUT2D eigenvalue weighted by atomic mass is 10.2. The summed E-state index contributed by atoms with van der Waals surface area (Å²) in [5.41, 5.74) is 0.446. The number of carbonyl (C=O) groups excluding carboxylic acids is 1. The SMILES string of the molecule is CCC(C)N(C)CCNC(=O)c1ccc(S(=O)(=O)NC)cc1. The molecule has 6 nitrogen and oxygen atoms in total. The molecule has 0 spiro atoms. The van der Waals surface area contributed by atoms with Crippen molar-refractivity contribution in [2.75, 3.05) is 27.2 Å². The number of rotatable bonds is 8. The summed E-state index contributed by atoms with van der Waals surface area (Å²) >= 11 is 0. The Morgan fingerprint density at radius 1 is 1.27 bits per heavy atom. The first-order valence-electron chi connectivity index (χ1n) is 7.33. The maximum atomic E-state index is 12.0. The lowest BCUT2D eigenvalue weighted by Crippen LogP contribution is -2.37. The first-order valence-corrected chi connectivity index (χ1v) is 8.82. The maximum Gasteiger partial charge on any atom is 0.251 e. The van der Waals surface area contributed by atoms with Gasteiger partial charge in [-0.25, -0.2) is 13.1 Å². The fourth-order valence-electron chi connectivity index (χ4n) is 1.88. The van der Waals surface area contributed by atoms with Gasteiger partial charge in [-0.2, -0.15) is 0 Å². The fraction of sp³-hybridized carbons (Fsp3) is 0.533. The Hall–Kier alpha value is -1.44. The van der Waals surface area contributed by atoms with Gasteiger partial charge < -0.3 is 10.2 Å². The van der Waals surface area contributed by atoms with Gasteiger partial charge in [0.2, 0.25) is 10.0 Å². The monoisotopic (exact) mass is 327 g/mol. The van der Waals surface area contributed by atoms with E-state index in [9.17, 15) is 13.2 Å². The fourth-order valence-corrected chi connectivity index (χ4v) is 2.61. The molecular weight excluding hydrogens is 302 g/mol. The van der Waals surface area contributed by atoms with Crippen molar-refractivity contribution in [1.82, 2.24) is 14.9 Å². The van der Waals surface area contributed by atoms with E-state index in [4.69, 9.17) is 0 Å². The van der Waals surface area contributed by atoms with Crippen molar-refractivity contribution in [3.8, 4) is 0 Å². The molecule has 0 aliphatic rings. The van der Waals surface area contributed by atoms with E-state index in [1.165, 1.54) is 31.3 Å². The van der Waals surface area contributed by atoms with Gasteiger partial charge in [0, 0.05) is 24.7 Å². The Kier molecular flexibility index (Phi) is 6.99. The Labute approximate surface area is 132 Å². The summed E-state index contributed by atoms with van der Waals surface area (Å²) in [6.07, 6.45) is 1.06. The van der Waals surface area contributed by atoms with Crippen LogP contribution in [0.4, 0.5) is 0 Å². The van der Waals surface area contributed by atoms with Crippen molar-refractivity contribution in [2.45, 2.75) is 31.2 Å². The maximum absolute atomic E-state index is 12.0. The van der Waals surface area contributed by atoms with E-state index < -0.39 is 10.0 Å². The van der Waals surface area contributed by atoms with Gasteiger partial charge in [0.1, 0.15) is 0 Å². The number of carbonyl (C=O) groups is 1. The van der Waals surface area contributed by atoms with Gasteiger partial charge in [0.25, 0.3) is 5.91 Å². The molecule has 1 unspecified atom stereocenters. The van der Waals surface area contributed by atoms with Gasteiger partial charge in [-0.1, -0.05) is 6.92 Å². The van der Waals surface area contributed by atoms with E-state index in [0.29, 0.717) is 18.2 Å².